The van der Waals surface area contributed by atoms with E-state index in [-0.39, 0.29) is 17.8 Å². The van der Waals surface area contributed by atoms with E-state index in [1.54, 1.807) is 6.07 Å². The van der Waals surface area contributed by atoms with Gasteiger partial charge in [0.25, 0.3) is 0 Å². The van der Waals surface area contributed by atoms with Gasteiger partial charge in [0.2, 0.25) is 5.91 Å². The van der Waals surface area contributed by atoms with E-state index in [0.717, 1.165) is 66.1 Å². The van der Waals surface area contributed by atoms with E-state index >= 15 is 0 Å². The van der Waals surface area contributed by atoms with Crippen molar-refractivity contribution in [2.75, 3.05) is 68.9 Å². The third kappa shape index (κ3) is 6.17. The molecule has 1 fully saturated rings. The van der Waals surface area contributed by atoms with Crippen LogP contribution in [0.4, 0.5) is 11.5 Å². The van der Waals surface area contributed by atoms with Crippen molar-refractivity contribution >= 4 is 40.8 Å². The highest BCUT2D eigenvalue weighted by Gasteiger charge is 2.29. The first-order valence-corrected chi connectivity index (χ1v) is 14.3. The van der Waals surface area contributed by atoms with E-state index in [1.807, 2.05) is 50.2 Å². The molecule has 2 aliphatic rings. The summed E-state index contributed by atoms with van der Waals surface area (Å²) in [5, 5.41) is 12.6. The van der Waals surface area contributed by atoms with Crippen LogP contribution in [0.1, 0.15) is 24.6 Å². The number of thiol groups is 1. The van der Waals surface area contributed by atoms with Gasteiger partial charge in [0, 0.05) is 68.4 Å². The lowest BCUT2D eigenvalue weighted by atomic mass is 10.0. The van der Waals surface area contributed by atoms with Crippen LogP contribution in [-0.4, -0.2) is 96.0 Å². The summed E-state index contributed by atoms with van der Waals surface area (Å²) in [5.41, 5.74) is 3.08. The largest absolute Gasteiger partial charge is 0.508 e. The average molecular weight is 551 g/mol. The number of carbonyl (C=O) groups excluding carboxylic acids is 1. The highest BCUT2D eigenvalue weighted by atomic mass is 32.1. The highest BCUT2D eigenvalue weighted by Crippen LogP contribution is 2.36. The lowest BCUT2D eigenvalue weighted by Gasteiger charge is -2.38. The molecule has 1 N–H and O–H groups in total. The maximum atomic E-state index is 12.4. The fraction of sp³-hybridized carbons (Fsp3) is 0.483. The number of piperazine rings is 1. The van der Waals surface area contributed by atoms with E-state index in [4.69, 9.17) is 14.7 Å². The van der Waals surface area contributed by atoms with Gasteiger partial charge < -0.3 is 29.4 Å². The Morgan fingerprint density at radius 2 is 1.87 bits per heavy atom. The van der Waals surface area contributed by atoms with Crippen molar-refractivity contribution in [2.45, 2.75) is 32.4 Å². The smallest absolute Gasteiger partial charge is 0.318 e. The second kappa shape index (κ2) is 11.9. The molecule has 0 unspecified atom stereocenters. The lowest BCUT2D eigenvalue weighted by molar-refractivity contribution is -0.131. The number of aromatic nitrogens is 2. The Hall–Kier alpha value is -3.24. The van der Waals surface area contributed by atoms with E-state index in [1.165, 1.54) is 0 Å². The third-order valence-corrected chi connectivity index (χ3v) is 7.60. The molecule has 10 heteroatoms. The van der Waals surface area contributed by atoms with Crippen LogP contribution in [0.25, 0.3) is 10.8 Å². The van der Waals surface area contributed by atoms with Gasteiger partial charge in [0.15, 0.2) is 0 Å². The molecule has 5 rings (SSSR count). The number of nitrogens with zero attached hydrogens (tertiary/aromatic N) is 6. The zero-order chi connectivity index (χ0) is 27.5. The van der Waals surface area contributed by atoms with Crippen LogP contribution in [0.3, 0.4) is 0 Å². The van der Waals surface area contributed by atoms with Crippen LogP contribution in [-0.2, 0) is 17.8 Å². The molecule has 2 aliphatic heterocycles. The minimum absolute atomic E-state index is 0.0729. The van der Waals surface area contributed by atoms with Gasteiger partial charge in [-0.1, -0.05) is 24.3 Å². The predicted octanol–water partition coefficient (Wildman–Crippen LogP) is 3.20. The summed E-state index contributed by atoms with van der Waals surface area (Å²) in [5.74, 6) is 1.89. The number of benzene rings is 2. The summed E-state index contributed by atoms with van der Waals surface area (Å²) in [6.45, 7) is 6.93. The molecule has 208 valence electrons. The normalized spacial score (nSPS) is 16.5. The molecule has 0 spiro atoms. The molecular weight excluding hydrogens is 512 g/mol. The maximum Gasteiger partial charge on any atom is 0.318 e. The standard InChI is InChI=1S/C29H38N6O3S/c1-20(18-32(2)3)38-29-30-25-19-35(26-17-22(36)16-21-6-4-5-7-23(21)26)10-8-24(25)28(31-29)34-13-11-33(12-14-34)27(37)9-15-39/h4-7,16-17,20,36,39H,8-15,18-19H2,1-3H3/t20-/m1/s1. The average Bonchev–Trinajstić information content (AvgIpc) is 2.91. The van der Waals surface area contributed by atoms with Crippen LogP contribution in [0, 0.1) is 0 Å². The minimum Gasteiger partial charge on any atom is -0.508 e. The second-order valence-electron chi connectivity index (χ2n) is 10.6. The van der Waals surface area contributed by atoms with E-state index < -0.39 is 0 Å². The second-order valence-corrected chi connectivity index (χ2v) is 11.1. The molecule has 0 aliphatic carbocycles. The summed E-state index contributed by atoms with van der Waals surface area (Å²) in [6, 6.07) is 12.2. The van der Waals surface area contributed by atoms with Crippen molar-refractivity contribution in [3.63, 3.8) is 0 Å². The molecule has 1 amide bonds. The highest BCUT2D eigenvalue weighted by molar-refractivity contribution is 7.80. The monoisotopic (exact) mass is 550 g/mol. The van der Waals surface area contributed by atoms with Crippen LogP contribution in [0.2, 0.25) is 0 Å². The van der Waals surface area contributed by atoms with Crippen molar-refractivity contribution in [1.29, 1.82) is 0 Å². The molecule has 9 nitrogen and oxygen atoms in total. The number of anilines is 2. The summed E-state index contributed by atoms with van der Waals surface area (Å²) >= 11 is 4.22. The Morgan fingerprint density at radius 1 is 1.10 bits per heavy atom. The molecule has 2 aromatic carbocycles. The lowest BCUT2D eigenvalue weighted by Crippen LogP contribution is -2.49. The van der Waals surface area contributed by atoms with Gasteiger partial charge in [0.1, 0.15) is 17.7 Å². The maximum absolute atomic E-state index is 12.4. The number of likely N-dealkylation sites (N-methyl/N-ethyl adjacent to an activating group) is 1. The first-order chi connectivity index (χ1) is 18.8. The summed E-state index contributed by atoms with van der Waals surface area (Å²) in [7, 11) is 4.04. The van der Waals surface area contributed by atoms with Crippen molar-refractivity contribution in [3.8, 4) is 11.8 Å². The number of fused-ring (bicyclic) bond motifs is 2. The topological polar surface area (TPSA) is 85.3 Å². The zero-order valence-corrected chi connectivity index (χ0v) is 23.9. The Labute approximate surface area is 235 Å². The van der Waals surface area contributed by atoms with Crippen LogP contribution >= 0.6 is 12.6 Å². The molecule has 0 bridgehead atoms. The number of phenols is 1. The number of aromatic hydroxyl groups is 1. The molecule has 0 saturated carbocycles. The van der Waals surface area contributed by atoms with Crippen LogP contribution in [0.5, 0.6) is 11.8 Å². The molecule has 1 saturated heterocycles. The Balaban J connectivity index is 1.45. The fourth-order valence-corrected chi connectivity index (χ4v) is 5.79. The summed E-state index contributed by atoms with van der Waals surface area (Å²) in [4.78, 5) is 30.8. The zero-order valence-electron chi connectivity index (χ0n) is 23.0. The molecular formula is C29H38N6O3S. The third-order valence-electron chi connectivity index (χ3n) is 7.37. The van der Waals surface area contributed by atoms with E-state index in [9.17, 15) is 9.90 Å². The number of carbonyl (C=O) groups is 1. The molecule has 0 radical (unpaired) electrons. The van der Waals surface area contributed by atoms with Crippen molar-refractivity contribution < 1.29 is 14.6 Å². The SMILES string of the molecule is C[C@H](CN(C)C)Oc1nc2c(c(N3CCN(C(=O)CCS)CC3)n1)CCN(c1cc(O)cc3ccccc13)C2. The van der Waals surface area contributed by atoms with Crippen molar-refractivity contribution in [3.05, 3.63) is 47.7 Å². The number of rotatable bonds is 8. The predicted molar refractivity (Wildman–Crippen MR) is 158 cm³/mol. The van der Waals surface area contributed by atoms with Gasteiger partial charge in [-0.15, -0.1) is 0 Å². The summed E-state index contributed by atoms with van der Waals surface area (Å²) < 4.78 is 6.22. The first-order valence-electron chi connectivity index (χ1n) is 13.6. The van der Waals surface area contributed by atoms with Gasteiger partial charge in [-0.05, 0) is 44.6 Å². The van der Waals surface area contributed by atoms with Gasteiger partial charge in [-0.3, -0.25) is 4.79 Å². The van der Waals surface area contributed by atoms with Gasteiger partial charge in [-0.2, -0.15) is 22.6 Å². The number of hydrogen-bond donors (Lipinski definition) is 2. The molecule has 1 aromatic heterocycles. The van der Waals surface area contributed by atoms with Crippen molar-refractivity contribution in [2.24, 2.45) is 0 Å². The Morgan fingerprint density at radius 3 is 2.62 bits per heavy atom. The number of phenolic OH excluding ortho intramolecular Hbond substituents is 1. The molecule has 3 heterocycles. The molecule has 1 atom stereocenters. The summed E-state index contributed by atoms with van der Waals surface area (Å²) in [6.07, 6.45) is 1.17. The van der Waals surface area contributed by atoms with Crippen molar-refractivity contribution in [1.82, 2.24) is 19.8 Å². The number of ether oxygens (including phenoxy) is 1. The van der Waals surface area contributed by atoms with E-state index in [0.29, 0.717) is 37.8 Å². The Kier molecular flexibility index (Phi) is 8.32. The van der Waals surface area contributed by atoms with Gasteiger partial charge >= 0.3 is 6.01 Å². The minimum atomic E-state index is -0.0729. The van der Waals surface area contributed by atoms with Gasteiger partial charge in [-0.25, -0.2) is 0 Å². The fourth-order valence-electron chi connectivity index (χ4n) is 5.60. The quantitative estimate of drug-likeness (QED) is 0.414. The van der Waals surface area contributed by atoms with Gasteiger partial charge in [0.05, 0.1) is 12.2 Å². The first kappa shape index (κ1) is 27.3. The Bertz CT molecular complexity index is 1330. The van der Waals surface area contributed by atoms with Crippen LogP contribution < -0.4 is 14.5 Å². The molecule has 39 heavy (non-hydrogen) atoms. The van der Waals surface area contributed by atoms with Crippen LogP contribution in [0.15, 0.2) is 36.4 Å². The van der Waals surface area contributed by atoms with E-state index in [2.05, 4.69) is 33.4 Å². The number of hydrogen-bond acceptors (Lipinski definition) is 9. The number of amides is 1. The molecule has 3 aromatic rings.